The molecule has 2 nitrogen and oxygen atoms in total. The first kappa shape index (κ1) is 14.7. The Balaban J connectivity index is 2.30. The molecule has 0 amide bonds. The molecule has 100 valence electrons. The Hall–Kier alpha value is -0.740. The molecule has 0 aliphatic carbocycles. The van der Waals surface area contributed by atoms with Crippen molar-refractivity contribution in [2.45, 2.75) is 29.3 Å². The lowest BCUT2D eigenvalue weighted by molar-refractivity contribution is 0.722. The highest BCUT2D eigenvalue weighted by atomic mass is 35.5. The normalized spacial score (nSPS) is 12.4. The van der Waals surface area contributed by atoms with E-state index in [0.29, 0.717) is 10.0 Å². The third kappa shape index (κ3) is 4.11. The number of halogens is 2. The van der Waals surface area contributed by atoms with Crippen LogP contribution in [0.4, 0.5) is 0 Å². The Morgan fingerprint density at radius 2 is 2.11 bits per heavy atom. The van der Waals surface area contributed by atoms with E-state index in [4.69, 9.17) is 28.9 Å². The second-order valence-corrected chi connectivity index (χ2v) is 6.20. The summed E-state index contributed by atoms with van der Waals surface area (Å²) in [5, 5.41) is 2.26. The lowest BCUT2D eigenvalue weighted by atomic mass is 10.1. The van der Waals surface area contributed by atoms with Gasteiger partial charge in [-0.3, -0.25) is 0 Å². The average molecular weight is 313 g/mol. The van der Waals surface area contributed by atoms with Crippen molar-refractivity contribution in [2.24, 2.45) is 5.73 Å². The van der Waals surface area contributed by atoms with Gasteiger partial charge in [-0.2, -0.15) is 0 Å². The first-order valence-corrected chi connectivity index (χ1v) is 7.46. The molecule has 2 aromatic rings. The molecule has 2 N–H and O–H groups in total. The molecule has 2 rings (SSSR count). The monoisotopic (exact) mass is 312 g/mol. The van der Waals surface area contributed by atoms with Crippen LogP contribution in [0.1, 0.15) is 12.5 Å². The number of hydrogen-bond donors (Lipinski definition) is 1. The Labute approximate surface area is 127 Å². The van der Waals surface area contributed by atoms with Crippen LogP contribution in [0.3, 0.4) is 0 Å². The Morgan fingerprint density at radius 1 is 1.32 bits per heavy atom. The first-order chi connectivity index (χ1) is 9.06. The van der Waals surface area contributed by atoms with Gasteiger partial charge in [-0.25, -0.2) is 4.98 Å². The van der Waals surface area contributed by atoms with Crippen LogP contribution in [0.5, 0.6) is 0 Å². The zero-order chi connectivity index (χ0) is 13.8. The summed E-state index contributed by atoms with van der Waals surface area (Å²) in [5.74, 6) is 0. The van der Waals surface area contributed by atoms with Gasteiger partial charge in [-0.15, -0.1) is 0 Å². The van der Waals surface area contributed by atoms with E-state index in [9.17, 15) is 0 Å². The first-order valence-electron chi connectivity index (χ1n) is 5.88. The SMILES string of the molecule is CC(N)Cc1cccnc1Sc1cc(Cl)ccc1Cl. The lowest BCUT2D eigenvalue weighted by Gasteiger charge is -2.11. The maximum atomic E-state index is 6.17. The summed E-state index contributed by atoms with van der Waals surface area (Å²) >= 11 is 13.7. The van der Waals surface area contributed by atoms with Crippen LogP contribution in [-0.2, 0) is 6.42 Å². The molecule has 1 unspecified atom stereocenters. The van der Waals surface area contributed by atoms with Gasteiger partial charge in [0.2, 0.25) is 0 Å². The number of benzene rings is 1. The lowest BCUT2D eigenvalue weighted by Crippen LogP contribution is -2.18. The molecule has 1 aromatic heterocycles. The van der Waals surface area contributed by atoms with Crippen molar-refractivity contribution >= 4 is 35.0 Å². The zero-order valence-electron chi connectivity index (χ0n) is 10.4. The standard InChI is InChI=1S/C14H14Cl2N2S/c1-9(17)7-10-3-2-6-18-14(10)19-13-8-11(15)4-5-12(13)16/h2-6,8-9H,7,17H2,1H3. The molecular weight excluding hydrogens is 299 g/mol. The van der Waals surface area contributed by atoms with E-state index in [1.165, 1.54) is 11.8 Å². The van der Waals surface area contributed by atoms with Crippen molar-refractivity contribution in [3.63, 3.8) is 0 Å². The molecule has 1 aromatic carbocycles. The van der Waals surface area contributed by atoms with E-state index >= 15 is 0 Å². The summed E-state index contributed by atoms with van der Waals surface area (Å²) in [5.41, 5.74) is 6.98. The number of nitrogens with two attached hydrogens (primary N) is 1. The summed E-state index contributed by atoms with van der Waals surface area (Å²) in [4.78, 5) is 5.31. The third-order valence-electron chi connectivity index (χ3n) is 2.49. The molecule has 0 aliphatic heterocycles. The van der Waals surface area contributed by atoms with Gasteiger partial charge in [0.05, 0.1) is 5.02 Å². The van der Waals surface area contributed by atoms with E-state index in [2.05, 4.69) is 4.98 Å². The maximum Gasteiger partial charge on any atom is 0.104 e. The van der Waals surface area contributed by atoms with Gasteiger partial charge in [-0.05, 0) is 43.2 Å². The largest absolute Gasteiger partial charge is 0.328 e. The van der Waals surface area contributed by atoms with Gasteiger partial charge >= 0.3 is 0 Å². The van der Waals surface area contributed by atoms with Crippen LogP contribution in [-0.4, -0.2) is 11.0 Å². The number of aromatic nitrogens is 1. The molecule has 0 radical (unpaired) electrons. The minimum Gasteiger partial charge on any atom is -0.328 e. The summed E-state index contributed by atoms with van der Waals surface area (Å²) in [6, 6.07) is 9.46. The molecule has 19 heavy (non-hydrogen) atoms. The molecule has 0 spiro atoms. The topological polar surface area (TPSA) is 38.9 Å². The summed E-state index contributed by atoms with van der Waals surface area (Å²) in [6.45, 7) is 1.98. The predicted molar refractivity (Wildman–Crippen MR) is 82.2 cm³/mol. The fraction of sp³-hybridized carbons (Fsp3) is 0.214. The number of rotatable bonds is 4. The second-order valence-electron chi connectivity index (χ2n) is 4.33. The molecule has 0 aliphatic rings. The number of nitrogens with zero attached hydrogens (tertiary/aromatic N) is 1. The molecule has 5 heteroatoms. The molecule has 1 heterocycles. The molecular formula is C14H14Cl2N2S. The highest BCUT2D eigenvalue weighted by molar-refractivity contribution is 7.99. The van der Waals surface area contributed by atoms with E-state index in [-0.39, 0.29) is 6.04 Å². The van der Waals surface area contributed by atoms with Crippen LogP contribution >= 0.6 is 35.0 Å². The zero-order valence-corrected chi connectivity index (χ0v) is 12.8. The van der Waals surface area contributed by atoms with Crippen LogP contribution < -0.4 is 5.73 Å². The van der Waals surface area contributed by atoms with Crippen LogP contribution in [0.15, 0.2) is 46.5 Å². The van der Waals surface area contributed by atoms with Gasteiger partial charge in [0, 0.05) is 22.2 Å². The maximum absolute atomic E-state index is 6.17. The molecule has 0 saturated heterocycles. The highest BCUT2D eigenvalue weighted by Crippen LogP contribution is 2.35. The Bertz CT molecular complexity index is 573. The molecule has 1 atom stereocenters. The Morgan fingerprint density at radius 3 is 2.84 bits per heavy atom. The minimum atomic E-state index is 0.0957. The van der Waals surface area contributed by atoms with Crippen molar-refractivity contribution in [2.75, 3.05) is 0 Å². The molecule has 0 fully saturated rings. The predicted octanol–water partition coefficient (Wildman–Crippen LogP) is 4.43. The van der Waals surface area contributed by atoms with Crippen LogP contribution in [0.25, 0.3) is 0 Å². The second kappa shape index (κ2) is 6.62. The van der Waals surface area contributed by atoms with Gasteiger partial charge in [0.1, 0.15) is 5.03 Å². The number of pyridine rings is 1. The fourth-order valence-corrected chi connectivity index (χ4v) is 3.10. The average Bonchev–Trinajstić information content (AvgIpc) is 2.35. The summed E-state index contributed by atoms with van der Waals surface area (Å²) < 4.78 is 0. The minimum absolute atomic E-state index is 0.0957. The van der Waals surface area contributed by atoms with Crippen LogP contribution in [0, 0.1) is 0 Å². The van der Waals surface area contributed by atoms with Gasteiger partial charge < -0.3 is 5.73 Å². The van der Waals surface area contributed by atoms with Gasteiger partial charge in [0.25, 0.3) is 0 Å². The van der Waals surface area contributed by atoms with Crippen molar-refractivity contribution in [1.82, 2.24) is 4.98 Å². The van der Waals surface area contributed by atoms with E-state index in [0.717, 1.165) is 21.9 Å². The molecule has 0 saturated carbocycles. The van der Waals surface area contributed by atoms with Gasteiger partial charge in [0.15, 0.2) is 0 Å². The summed E-state index contributed by atoms with van der Waals surface area (Å²) in [6.07, 6.45) is 2.56. The number of hydrogen-bond acceptors (Lipinski definition) is 3. The van der Waals surface area contributed by atoms with Crippen molar-refractivity contribution < 1.29 is 0 Å². The third-order valence-corrected chi connectivity index (χ3v) is 4.29. The highest BCUT2D eigenvalue weighted by Gasteiger charge is 2.10. The molecule has 0 bridgehead atoms. The quantitative estimate of drug-likeness (QED) is 0.907. The van der Waals surface area contributed by atoms with E-state index in [1.807, 2.05) is 25.1 Å². The van der Waals surface area contributed by atoms with Crippen molar-refractivity contribution in [1.29, 1.82) is 0 Å². The van der Waals surface area contributed by atoms with E-state index < -0.39 is 0 Å². The smallest absolute Gasteiger partial charge is 0.104 e. The van der Waals surface area contributed by atoms with Crippen LogP contribution in [0.2, 0.25) is 10.0 Å². The fourth-order valence-electron chi connectivity index (χ4n) is 1.68. The Kier molecular flexibility index (Phi) is 5.11. The van der Waals surface area contributed by atoms with E-state index in [1.54, 1.807) is 18.3 Å². The van der Waals surface area contributed by atoms with Gasteiger partial charge in [-0.1, -0.05) is 41.0 Å². The van der Waals surface area contributed by atoms with Crippen molar-refractivity contribution in [3.8, 4) is 0 Å². The van der Waals surface area contributed by atoms with Crippen molar-refractivity contribution in [3.05, 3.63) is 52.1 Å². The summed E-state index contributed by atoms with van der Waals surface area (Å²) in [7, 11) is 0.